The van der Waals surface area contributed by atoms with E-state index in [0.29, 0.717) is 17.3 Å². The molecular weight excluding hydrogens is 252 g/mol. The molecule has 0 radical (unpaired) electrons. The molecule has 4 heteroatoms. The first-order valence-corrected chi connectivity index (χ1v) is 6.34. The van der Waals surface area contributed by atoms with Crippen LogP contribution in [0.15, 0.2) is 47.0 Å². The molecule has 0 saturated carbocycles. The van der Waals surface area contributed by atoms with Gasteiger partial charge in [-0.05, 0) is 32.0 Å². The second-order valence-corrected chi connectivity index (χ2v) is 4.81. The molecule has 1 heterocycles. The minimum Gasteiger partial charge on any atom is -0.507 e. The van der Waals surface area contributed by atoms with Crippen LogP contribution in [0, 0.1) is 13.8 Å². The molecule has 0 unspecified atom stereocenters. The maximum absolute atomic E-state index is 9.88. The Hall–Kier alpha value is -2.62. The standard InChI is InChI=1S/C16H14N2O2/c1-10-4-3-5-12(8-10)15-17-16(20-18-15)13-9-11(2)6-7-14(13)19/h3-9,19H,1-2H3. The van der Waals surface area contributed by atoms with Gasteiger partial charge in [0, 0.05) is 5.56 Å². The number of hydrogen-bond donors (Lipinski definition) is 1. The molecule has 0 saturated heterocycles. The lowest BCUT2D eigenvalue weighted by atomic mass is 10.1. The Bertz CT molecular complexity index is 763. The molecule has 3 rings (SSSR count). The van der Waals surface area contributed by atoms with Gasteiger partial charge in [-0.25, -0.2) is 0 Å². The molecule has 0 spiro atoms. The van der Waals surface area contributed by atoms with E-state index in [4.69, 9.17) is 4.52 Å². The number of rotatable bonds is 2. The zero-order valence-corrected chi connectivity index (χ0v) is 11.3. The van der Waals surface area contributed by atoms with E-state index in [1.165, 1.54) is 0 Å². The molecule has 1 N–H and O–H groups in total. The van der Waals surface area contributed by atoms with E-state index in [1.54, 1.807) is 6.07 Å². The summed E-state index contributed by atoms with van der Waals surface area (Å²) in [6.45, 7) is 3.96. The molecule has 0 bridgehead atoms. The van der Waals surface area contributed by atoms with Gasteiger partial charge in [0.25, 0.3) is 5.89 Å². The van der Waals surface area contributed by atoms with Crippen molar-refractivity contribution in [2.45, 2.75) is 13.8 Å². The molecular formula is C16H14N2O2. The fraction of sp³-hybridized carbons (Fsp3) is 0.125. The molecule has 2 aromatic carbocycles. The first kappa shape index (κ1) is 12.4. The van der Waals surface area contributed by atoms with Crippen LogP contribution in [0.4, 0.5) is 0 Å². The van der Waals surface area contributed by atoms with Gasteiger partial charge in [-0.15, -0.1) is 0 Å². The zero-order valence-electron chi connectivity index (χ0n) is 11.3. The largest absolute Gasteiger partial charge is 0.507 e. The van der Waals surface area contributed by atoms with Crippen LogP contribution < -0.4 is 0 Å². The lowest BCUT2D eigenvalue weighted by Crippen LogP contribution is -1.83. The summed E-state index contributed by atoms with van der Waals surface area (Å²) in [6, 6.07) is 13.2. The Morgan fingerprint density at radius 2 is 1.80 bits per heavy atom. The first-order chi connectivity index (χ1) is 9.63. The fourth-order valence-corrected chi connectivity index (χ4v) is 2.06. The summed E-state index contributed by atoms with van der Waals surface area (Å²) >= 11 is 0. The van der Waals surface area contributed by atoms with E-state index >= 15 is 0 Å². The summed E-state index contributed by atoms with van der Waals surface area (Å²) in [5.74, 6) is 0.974. The highest BCUT2D eigenvalue weighted by Gasteiger charge is 2.14. The molecule has 0 amide bonds. The van der Waals surface area contributed by atoms with Gasteiger partial charge in [-0.3, -0.25) is 0 Å². The van der Waals surface area contributed by atoms with Crippen LogP contribution in [-0.2, 0) is 0 Å². The van der Waals surface area contributed by atoms with Gasteiger partial charge >= 0.3 is 0 Å². The van der Waals surface area contributed by atoms with Crippen LogP contribution in [0.1, 0.15) is 11.1 Å². The smallest absolute Gasteiger partial charge is 0.262 e. The van der Waals surface area contributed by atoms with E-state index in [9.17, 15) is 5.11 Å². The summed E-state index contributed by atoms with van der Waals surface area (Å²) < 4.78 is 5.26. The number of aromatic nitrogens is 2. The Kier molecular flexibility index (Phi) is 2.99. The van der Waals surface area contributed by atoms with Crippen molar-refractivity contribution in [3.05, 3.63) is 53.6 Å². The Balaban J connectivity index is 2.04. The number of benzene rings is 2. The number of phenols is 1. The third-order valence-corrected chi connectivity index (χ3v) is 3.08. The van der Waals surface area contributed by atoms with Crippen molar-refractivity contribution in [1.29, 1.82) is 0 Å². The van der Waals surface area contributed by atoms with Crippen LogP contribution in [0.2, 0.25) is 0 Å². The Labute approximate surface area is 116 Å². The summed E-state index contributed by atoms with van der Waals surface area (Å²) in [4.78, 5) is 4.36. The van der Waals surface area contributed by atoms with E-state index in [1.807, 2.05) is 50.2 Å². The first-order valence-electron chi connectivity index (χ1n) is 6.34. The predicted octanol–water partition coefficient (Wildman–Crippen LogP) is 3.73. The lowest BCUT2D eigenvalue weighted by Gasteiger charge is -2.00. The number of phenolic OH excluding ortho intramolecular Hbond substituents is 1. The third-order valence-electron chi connectivity index (χ3n) is 3.08. The molecule has 0 fully saturated rings. The van der Waals surface area contributed by atoms with E-state index < -0.39 is 0 Å². The maximum atomic E-state index is 9.88. The van der Waals surface area contributed by atoms with Crippen molar-refractivity contribution in [3.63, 3.8) is 0 Å². The van der Waals surface area contributed by atoms with Crippen molar-refractivity contribution in [3.8, 4) is 28.6 Å². The van der Waals surface area contributed by atoms with Crippen molar-refractivity contribution in [2.24, 2.45) is 0 Å². The molecule has 20 heavy (non-hydrogen) atoms. The monoisotopic (exact) mass is 266 g/mol. The van der Waals surface area contributed by atoms with Gasteiger partial charge in [0.05, 0.1) is 5.56 Å². The second-order valence-electron chi connectivity index (χ2n) is 4.81. The summed E-state index contributed by atoms with van der Waals surface area (Å²) in [7, 11) is 0. The zero-order chi connectivity index (χ0) is 14.1. The number of aromatic hydroxyl groups is 1. The lowest BCUT2D eigenvalue weighted by molar-refractivity contribution is 0.425. The SMILES string of the molecule is Cc1cccc(-c2noc(-c3cc(C)ccc3O)n2)c1. The molecule has 0 atom stereocenters. The summed E-state index contributed by atoms with van der Waals surface area (Å²) in [5, 5.41) is 13.9. The highest BCUT2D eigenvalue weighted by molar-refractivity contribution is 5.65. The highest BCUT2D eigenvalue weighted by atomic mass is 16.5. The number of hydrogen-bond acceptors (Lipinski definition) is 4. The fourth-order valence-electron chi connectivity index (χ4n) is 2.06. The molecule has 0 aliphatic heterocycles. The van der Waals surface area contributed by atoms with Crippen LogP contribution in [0.3, 0.4) is 0 Å². The van der Waals surface area contributed by atoms with Crippen LogP contribution in [-0.4, -0.2) is 15.2 Å². The van der Waals surface area contributed by atoms with Crippen LogP contribution in [0.25, 0.3) is 22.8 Å². The average Bonchev–Trinajstić information content (AvgIpc) is 2.91. The van der Waals surface area contributed by atoms with E-state index in [0.717, 1.165) is 16.7 Å². The van der Waals surface area contributed by atoms with E-state index in [-0.39, 0.29) is 5.75 Å². The second kappa shape index (κ2) is 4.81. The van der Waals surface area contributed by atoms with E-state index in [2.05, 4.69) is 10.1 Å². The number of aryl methyl sites for hydroxylation is 2. The topological polar surface area (TPSA) is 59.2 Å². The van der Waals surface area contributed by atoms with Gasteiger partial charge in [0.2, 0.25) is 5.82 Å². The molecule has 0 aliphatic rings. The Morgan fingerprint density at radius 1 is 1.00 bits per heavy atom. The summed E-state index contributed by atoms with van der Waals surface area (Å²) in [6.07, 6.45) is 0. The number of nitrogens with zero attached hydrogens (tertiary/aromatic N) is 2. The van der Waals surface area contributed by atoms with Gasteiger partial charge in [-0.2, -0.15) is 4.98 Å². The van der Waals surface area contributed by atoms with Crippen molar-refractivity contribution in [2.75, 3.05) is 0 Å². The third kappa shape index (κ3) is 2.28. The normalized spacial score (nSPS) is 10.7. The molecule has 100 valence electrons. The minimum absolute atomic E-state index is 0.134. The van der Waals surface area contributed by atoms with Crippen molar-refractivity contribution in [1.82, 2.24) is 10.1 Å². The highest BCUT2D eigenvalue weighted by Crippen LogP contribution is 2.30. The average molecular weight is 266 g/mol. The molecule has 0 aliphatic carbocycles. The Morgan fingerprint density at radius 3 is 2.60 bits per heavy atom. The van der Waals surface area contributed by atoms with Gasteiger partial charge in [-0.1, -0.05) is 40.5 Å². The van der Waals surface area contributed by atoms with Crippen molar-refractivity contribution >= 4 is 0 Å². The van der Waals surface area contributed by atoms with Gasteiger partial charge < -0.3 is 9.63 Å². The summed E-state index contributed by atoms with van der Waals surface area (Å²) in [5.41, 5.74) is 3.60. The quantitative estimate of drug-likeness (QED) is 0.767. The minimum atomic E-state index is 0.134. The maximum Gasteiger partial charge on any atom is 0.262 e. The van der Waals surface area contributed by atoms with Crippen LogP contribution in [0.5, 0.6) is 5.75 Å². The predicted molar refractivity (Wildman–Crippen MR) is 76.3 cm³/mol. The molecule has 4 nitrogen and oxygen atoms in total. The van der Waals surface area contributed by atoms with Gasteiger partial charge in [0.1, 0.15) is 5.75 Å². The van der Waals surface area contributed by atoms with Crippen molar-refractivity contribution < 1.29 is 9.63 Å². The molecule has 3 aromatic rings. The van der Waals surface area contributed by atoms with Gasteiger partial charge in [0.15, 0.2) is 0 Å². The molecule has 1 aromatic heterocycles. The van der Waals surface area contributed by atoms with Crippen LogP contribution >= 0.6 is 0 Å².